The molecule has 1 heterocycles. The molecule has 2 aromatic carbocycles. The molecule has 354 valence electrons. The summed E-state index contributed by atoms with van der Waals surface area (Å²) in [5.74, 6) is -3.70. The van der Waals surface area contributed by atoms with Crippen molar-refractivity contribution in [1.29, 1.82) is 0 Å². The van der Waals surface area contributed by atoms with Crippen LogP contribution in [0.1, 0.15) is 111 Å². The maximum atomic E-state index is 14.4. The van der Waals surface area contributed by atoms with Gasteiger partial charge in [-0.3, -0.25) is 38.5 Å². The van der Waals surface area contributed by atoms with Crippen LogP contribution < -0.4 is 26.6 Å². The summed E-state index contributed by atoms with van der Waals surface area (Å²) in [4.78, 5) is 97.9. The lowest BCUT2D eigenvalue weighted by atomic mass is 9.87. The highest BCUT2D eigenvalue weighted by atomic mass is 16.6. The van der Waals surface area contributed by atoms with Gasteiger partial charge in [-0.05, 0) is 75.3 Å². The zero-order chi connectivity index (χ0) is 47.2. The van der Waals surface area contributed by atoms with Crippen molar-refractivity contribution >= 4 is 41.3 Å². The van der Waals surface area contributed by atoms with Crippen LogP contribution in [0.25, 0.3) is 0 Å². The van der Waals surface area contributed by atoms with E-state index in [4.69, 9.17) is 9.47 Å². The molecule has 0 radical (unpaired) electrons. The first-order valence-corrected chi connectivity index (χ1v) is 23.1. The summed E-state index contributed by atoms with van der Waals surface area (Å²) < 4.78 is 11.2. The van der Waals surface area contributed by atoms with E-state index in [-0.39, 0.29) is 81.2 Å². The molecule has 5 N–H and O–H groups in total. The smallest absolute Gasteiger partial charge is 0.307 e. The molecule has 1 saturated heterocycles. The highest BCUT2D eigenvalue weighted by Gasteiger charge is 2.42. The van der Waals surface area contributed by atoms with Crippen LogP contribution in [-0.4, -0.2) is 115 Å². The van der Waals surface area contributed by atoms with Crippen molar-refractivity contribution in [2.24, 2.45) is 11.8 Å². The quantitative estimate of drug-likeness (QED) is 0.0810. The van der Waals surface area contributed by atoms with Crippen LogP contribution >= 0.6 is 0 Å². The number of morpholine rings is 1. The first-order chi connectivity index (χ1) is 30.4. The van der Waals surface area contributed by atoms with E-state index in [1.54, 1.807) is 6.92 Å². The Morgan fingerprint density at radius 2 is 1.19 bits per heavy atom. The fourth-order valence-electron chi connectivity index (χ4n) is 7.34. The van der Waals surface area contributed by atoms with Gasteiger partial charge in [0, 0.05) is 32.0 Å². The SMILES string of the molecule is CCC(C)NC(=O)CCC(=O)OC(C)(CC)C(=O)[C@H](CC(C)C)NC(=O)[C@H](Cc1ccccc1)NC(=O)[C@H](CC(C)C)NC(=O)[C@H](CCc1ccccc1)NC(=O)CN1CCOCC1. The Morgan fingerprint density at radius 3 is 1.77 bits per heavy atom. The molecule has 5 amide bonds. The zero-order valence-corrected chi connectivity index (χ0v) is 39.3. The first kappa shape index (κ1) is 53.2. The number of carbonyl (C=O) groups excluding carboxylic acids is 7. The molecule has 1 aliphatic heterocycles. The molecule has 1 aliphatic rings. The van der Waals surface area contributed by atoms with Crippen molar-refractivity contribution in [2.45, 2.75) is 149 Å². The van der Waals surface area contributed by atoms with Gasteiger partial charge in [0.1, 0.15) is 18.1 Å². The maximum Gasteiger partial charge on any atom is 0.307 e. The molecule has 1 fully saturated rings. The number of nitrogens with zero attached hydrogens (tertiary/aromatic N) is 1. The largest absolute Gasteiger partial charge is 0.451 e. The fraction of sp³-hybridized carbons (Fsp3) is 0.612. The van der Waals surface area contributed by atoms with E-state index in [0.29, 0.717) is 32.7 Å². The minimum absolute atomic E-state index is 0.0468. The van der Waals surface area contributed by atoms with Gasteiger partial charge in [-0.2, -0.15) is 0 Å². The summed E-state index contributed by atoms with van der Waals surface area (Å²) in [7, 11) is 0. The van der Waals surface area contributed by atoms with E-state index in [9.17, 15) is 33.6 Å². The van der Waals surface area contributed by atoms with Gasteiger partial charge in [-0.15, -0.1) is 0 Å². The Bertz CT molecular complexity index is 1800. The number of hydrogen-bond donors (Lipinski definition) is 5. The molecule has 0 spiro atoms. The Morgan fingerprint density at radius 1 is 0.656 bits per heavy atom. The summed E-state index contributed by atoms with van der Waals surface area (Å²) in [6, 6.07) is 14.4. The number of amides is 5. The number of carbonyl (C=O) groups is 7. The molecule has 6 atom stereocenters. The Kier molecular flexibility index (Phi) is 22.6. The minimum atomic E-state index is -1.61. The van der Waals surface area contributed by atoms with Gasteiger partial charge in [-0.1, -0.05) is 102 Å². The highest BCUT2D eigenvalue weighted by molar-refractivity contribution is 5.98. The predicted molar refractivity (Wildman–Crippen MR) is 246 cm³/mol. The van der Waals surface area contributed by atoms with Crippen LogP contribution in [-0.2, 0) is 55.9 Å². The normalized spacial score (nSPS) is 16.3. The van der Waals surface area contributed by atoms with Crippen LogP contribution in [0.15, 0.2) is 60.7 Å². The van der Waals surface area contributed by atoms with Crippen LogP contribution in [0.3, 0.4) is 0 Å². The van der Waals surface area contributed by atoms with Gasteiger partial charge >= 0.3 is 5.97 Å². The fourth-order valence-corrected chi connectivity index (χ4v) is 7.34. The number of benzene rings is 2. The third-order valence-corrected chi connectivity index (χ3v) is 11.4. The molecule has 0 aliphatic carbocycles. The third kappa shape index (κ3) is 18.9. The molecule has 2 aromatic rings. The van der Waals surface area contributed by atoms with E-state index in [0.717, 1.165) is 17.5 Å². The number of ether oxygens (including phenoxy) is 2. The highest BCUT2D eigenvalue weighted by Crippen LogP contribution is 2.23. The Balaban J connectivity index is 1.85. The average molecular weight is 891 g/mol. The average Bonchev–Trinajstić information content (AvgIpc) is 3.26. The Hall–Kier alpha value is -5.15. The summed E-state index contributed by atoms with van der Waals surface area (Å²) in [6.07, 6.45) is 1.83. The van der Waals surface area contributed by atoms with Gasteiger partial charge in [-0.25, -0.2) is 0 Å². The van der Waals surface area contributed by atoms with Gasteiger partial charge in [0.05, 0.1) is 32.2 Å². The Labute approximate surface area is 380 Å². The molecular weight excluding hydrogens is 817 g/mol. The summed E-state index contributed by atoms with van der Waals surface area (Å²) >= 11 is 0. The van der Waals surface area contributed by atoms with Crippen molar-refractivity contribution in [2.75, 3.05) is 32.8 Å². The number of Topliss-reactive ketones (excluding diaryl/α,β-unsaturated/α-hetero) is 1. The summed E-state index contributed by atoms with van der Waals surface area (Å²) in [6.45, 7) is 17.0. The standard InChI is InChI=1S/C49H74N6O9/c1-9-35(7)50-42(56)23-24-44(58)64-49(8,10-2)45(59)39(29-33(3)4)52-48(62)41(31-37-19-15-12-16-20-37)54-47(61)40(30-34(5)6)53-46(60)38(22-21-36-17-13-11-14-18-36)51-43(57)32-55-25-27-63-28-26-55/h11-20,33-35,38-41H,9-10,21-32H2,1-8H3,(H,50,56)(H,51,57)(H,52,62)(H,53,60)(H,54,61)/t35?,38-,39-,40-,41-,49?/m0/s1. The number of ketones is 1. The minimum Gasteiger partial charge on any atom is -0.451 e. The second-order valence-corrected chi connectivity index (χ2v) is 18.0. The summed E-state index contributed by atoms with van der Waals surface area (Å²) in [5, 5.41) is 14.4. The summed E-state index contributed by atoms with van der Waals surface area (Å²) in [5.41, 5.74) is 0.117. The van der Waals surface area contributed by atoms with Crippen LogP contribution in [0.2, 0.25) is 0 Å². The lowest BCUT2D eigenvalue weighted by Gasteiger charge is -2.33. The molecule has 64 heavy (non-hydrogen) atoms. The topological polar surface area (TPSA) is 201 Å². The van der Waals surface area contributed by atoms with Crippen molar-refractivity contribution in [1.82, 2.24) is 31.5 Å². The van der Waals surface area contributed by atoms with E-state index in [2.05, 4.69) is 26.6 Å². The monoisotopic (exact) mass is 891 g/mol. The molecule has 15 nitrogen and oxygen atoms in total. The molecule has 3 rings (SSSR count). The second kappa shape index (κ2) is 27.2. The van der Waals surface area contributed by atoms with Crippen molar-refractivity contribution in [3.8, 4) is 0 Å². The lowest BCUT2D eigenvalue weighted by molar-refractivity contribution is -0.168. The third-order valence-electron chi connectivity index (χ3n) is 11.4. The number of nitrogens with one attached hydrogen (secondary N) is 5. The number of aryl methyl sites for hydroxylation is 1. The van der Waals surface area contributed by atoms with Crippen LogP contribution in [0, 0.1) is 11.8 Å². The van der Waals surface area contributed by atoms with Gasteiger partial charge in [0.15, 0.2) is 11.4 Å². The lowest BCUT2D eigenvalue weighted by Crippen LogP contribution is -2.60. The van der Waals surface area contributed by atoms with Crippen molar-refractivity contribution in [3.63, 3.8) is 0 Å². The van der Waals surface area contributed by atoms with Crippen LogP contribution in [0.4, 0.5) is 0 Å². The molecule has 0 aromatic heterocycles. The maximum absolute atomic E-state index is 14.4. The zero-order valence-electron chi connectivity index (χ0n) is 39.3. The molecule has 2 unspecified atom stereocenters. The van der Waals surface area contributed by atoms with E-state index < -0.39 is 59.2 Å². The number of rotatable bonds is 27. The van der Waals surface area contributed by atoms with Gasteiger partial charge in [0.2, 0.25) is 29.5 Å². The molecule has 15 heteroatoms. The second-order valence-electron chi connectivity index (χ2n) is 18.0. The van der Waals surface area contributed by atoms with Crippen LogP contribution in [0.5, 0.6) is 0 Å². The molecule has 0 saturated carbocycles. The van der Waals surface area contributed by atoms with Crippen molar-refractivity contribution in [3.05, 3.63) is 71.8 Å². The predicted octanol–water partition coefficient (Wildman–Crippen LogP) is 4.20. The van der Waals surface area contributed by atoms with E-state index in [1.165, 1.54) is 6.92 Å². The van der Waals surface area contributed by atoms with Gasteiger partial charge < -0.3 is 36.1 Å². The number of esters is 1. The van der Waals surface area contributed by atoms with E-state index in [1.807, 2.05) is 107 Å². The number of hydrogen-bond acceptors (Lipinski definition) is 10. The van der Waals surface area contributed by atoms with Gasteiger partial charge in [0.25, 0.3) is 0 Å². The van der Waals surface area contributed by atoms with Crippen molar-refractivity contribution < 1.29 is 43.0 Å². The van der Waals surface area contributed by atoms with E-state index >= 15 is 0 Å². The first-order valence-electron chi connectivity index (χ1n) is 23.1. The molecular formula is C49H74N6O9. The molecule has 0 bridgehead atoms.